The first-order valence-corrected chi connectivity index (χ1v) is 6.98. The van der Waals surface area contributed by atoms with Crippen LogP contribution in [0.15, 0.2) is 30.5 Å². The Labute approximate surface area is 115 Å². The summed E-state index contributed by atoms with van der Waals surface area (Å²) in [6, 6.07) is 8.89. The summed E-state index contributed by atoms with van der Waals surface area (Å²) in [5, 5.41) is 4.71. The van der Waals surface area contributed by atoms with Gasteiger partial charge in [0.2, 0.25) is 0 Å². The van der Waals surface area contributed by atoms with Crippen LogP contribution in [-0.2, 0) is 17.8 Å². The van der Waals surface area contributed by atoms with Gasteiger partial charge in [-0.25, -0.2) is 0 Å². The minimum atomic E-state index is 0.666. The molecular weight excluding hydrogens is 236 g/mol. The molecule has 2 aromatic rings. The Hall–Kier alpha value is -1.32. The Kier molecular flexibility index (Phi) is 5.00. The molecule has 19 heavy (non-hydrogen) atoms. The van der Waals surface area contributed by atoms with Gasteiger partial charge in [-0.15, -0.1) is 0 Å². The van der Waals surface area contributed by atoms with E-state index in [1.807, 2.05) is 0 Å². The van der Waals surface area contributed by atoms with Crippen LogP contribution in [0.5, 0.6) is 0 Å². The van der Waals surface area contributed by atoms with Crippen LogP contribution in [0.25, 0.3) is 10.9 Å². The molecule has 0 radical (unpaired) electrons. The summed E-state index contributed by atoms with van der Waals surface area (Å²) in [6.45, 7) is 8.12. The van der Waals surface area contributed by atoms with Gasteiger partial charge in [0.1, 0.15) is 0 Å². The topological polar surface area (TPSA) is 26.2 Å². The molecule has 0 spiro atoms. The average Bonchev–Trinajstić information content (AvgIpc) is 2.77. The zero-order chi connectivity index (χ0) is 13.7. The quantitative estimate of drug-likeness (QED) is 0.774. The van der Waals surface area contributed by atoms with Gasteiger partial charge >= 0.3 is 0 Å². The van der Waals surface area contributed by atoms with Crippen molar-refractivity contribution < 1.29 is 4.74 Å². The van der Waals surface area contributed by atoms with Gasteiger partial charge in [0.05, 0.1) is 6.61 Å². The van der Waals surface area contributed by atoms with E-state index in [0.29, 0.717) is 5.92 Å². The van der Waals surface area contributed by atoms with Crippen molar-refractivity contribution in [3.8, 4) is 0 Å². The fourth-order valence-corrected chi connectivity index (χ4v) is 2.30. The standard InChI is InChI=1S/C16H24N2O/c1-13(2)12-18-8-6-15-5-4-14(10-16(15)18)11-17-7-9-19-3/h4-6,8,10,13,17H,7,9,11-12H2,1-3H3. The predicted octanol–water partition coefficient (Wildman–Crippen LogP) is 3.03. The number of aromatic nitrogens is 1. The molecule has 0 unspecified atom stereocenters. The summed E-state index contributed by atoms with van der Waals surface area (Å²) in [5.41, 5.74) is 2.66. The third kappa shape index (κ3) is 3.82. The van der Waals surface area contributed by atoms with Crippen LogP contribution in [0.2, 0.25) is 0 Å². The highest BCUT2D eigenvalue weighted by atomic mass is 16.5. The van der Waals surface area contributed by atoms with E-state index in [0.717, 1.165) is 26.2 Å². The maximum Gasteiger partial charge on any atom is 0.0587 e. The second-order valence-electron chi connectivity index (χ2n) is 5.42. The monoisotopic (exact) mass is 260 g/mol. The molecule has 1 aromatic carbocycles. The molecule has 1 N–H and O–H groups in total. The lowest BCUT2D eigenvalue weighted by molar-refractivity contribution is 0.199. The first-order chi connectivity index (χ1) is 9.20. The van der Waals surface area contributed by atoms with Gasteiger partial charge < -0.3 is 14.6 Å². The highest BCUT2D eigenvalue weighted by Crippen LogP contribution is 2.19. The molecule has 0 aliphatic heterocycles. The molecule has 0 atom stereocenters. The fourth-order valence-electron chi connectivity index (χ4n) is 2.30. The second-order valence-corrected chi connectivity index (χ2v) is 5.42. The Morgan fingerprint density at radius 3 is 2.84 bits per heavy atom. The summed E-state index contributed by atoms with van der Waals surface area (Å²) in [5.74, 6) is 0.666. The van der Waals surface area contributed by atoms with Crippen molar-refractivity contribution in [1.82, 2.24) is 9.88 Å². The molecule has 0 amide bonds. The van der Waals surface area contributed by atoms with Gasteiger partial charge in [-0.2, -0.15) is 0 Å². The summed E-state index contributed by atoms with van der Waals surface area (Å²) < 4.78 is 7.38. The first kappa shape index (κ1) is 14.1. The molecule has 1 aromatic heterocycles. The number of hydrogen-bond donors (Lipinski definition) is 1. The minimum absolute atomic E-state index is 0.666. The molecule has 0 aliphatic rings. The molecule has 0 aliphatic carbocycles. The number of hydrogen-bond acceptors (Lipinski definition) is 2. The van der Waals surface area contributed by atoms with E-state index in [2.05, 4.69) is 54.2 Å². The van der Waals surface area contributed by atoms with E-state index in [9.17, 15) is 0 Å². The third-order valence-corrected chi connectivity index (χ3v) is 3.21. The van der Waals surface area contributed by atoms with Gasteiger partial charge in [0, 0.05) is 38.5 Å². The summed E-state index contributed by atoms with van der Waals surface area (Å²) >= 11 is 0. The maximum absolute atomic E-state index is 5.03. The Bertz CT molecular complexity index is 516. The van der Waals surface area contributed by atoms with Gasteiger partial charge in [-0.05, 0) is 29.0 Å². The maximum atomic E-state index is 5.03. The van der Waals surface area contributed by atoms with Crippen molar-refractivity contribution in [2.75, 3.05) is 20.3 Å². The lowest BCUT2D eigenvalue weighted by Crippen LogP contribution is -2.18. The Morgan fingerprint density at radius 2 is 2.11 bits per heavy atom. The Morgan fingerprint density at radius 1 is 1.26 bits per heavy atom. The zero-order valence-electron chi connectivity index (χ0n) is 12.1. The van der Waals surface area contributed by atoms with Crippen LogP contribution in [-0.4, -0.2) is 24.8 Å². The van der Waals surface area contributed by atoms with Crippen molar-refractivity contribution >= 4 is 10.9 Å². The molecule has 3 heteroatoms. The number of nitrogens with zero attached hydrogens (tertiary/aromatic N) is 1. The fraction of sp³-hybridized carbons (Fsp3) is 0.500. The van der Waals surface area contributed by atoms with E-state index < -0.39 is 0 Å². The molecule has 1 heterocycles. The molecule has 2 rings (SSSR count). The van der Waals surface area contributed by atoms with Crippen molar-refractivity contribution in [3.05, 3.63) is 36.0 Å². The molecule has 0 fully saturated rings. The zero-order valence-corrected chi connectivity index (χ0v) is 12.1. The van der Waals surface area contributed by atoms with Crippen LogP contribution in [0.4, 0.5) is 0 Å². The molecule has 3 nitrogen and oxygen atoms in total. The predicted molar refractivity (Wildman–Crippen MR) is 80.4 cm³/mol. The van der Waals surface area contributed by atoms with Crippen LogP contribution >= 0.6 is 0 Å². The van der Waals surface area contributed by atoms with E-state index in [-0.39, 0.29) is 0 Å². The van der Waals surface area contributed by atoms with Gasteiger partial charge in [-0.1, -0.05) is 26.0 Å². The molecular formula is C16H24N2O. The summed E-state index contributed by atoms with van der Waals surface area (Å²) in [7, 11) is 1.73. The number of methoxy groups -OCH3 is 1. The lowest BCUT2D eigenvalue weighted by atomic mass is 10.1. The van der Waals surface area contributed by atoms with E-state index in [4.69, 9.17) is 4.74 Å². The second kappa shape index (κ2) is 6.73. The average molecular weight is 260 g/mol. The van der Waals surface area contributed by atoms with Crippen molar-refractivity contribution in [3.63, 3.8) is 0 Å². The highest BCUT2D eigenvalue weighted by Gasteiger charge is 2.04. The normalized spacial score (nSPS) is 11.6. The molecule has 0 bridgehead atoms. The Balaban J connectivity index is 2.09. The van der Waals surface area contributed by atoms with E-state index >= 15 is 0 Å². The van der Waals surface area contributed by atoms with Crippen LogP contribution in [0, 0.1) is 5.92 Å². The van der Waals surface area contributed by atoms with Gasteiger partial charge in [0.25, 0.3) is 0 Å². The van der Waals surface area contributed by atoms with Crippen LogP contribution in [0.3, 0.4) is 0 Å². The smallest absolute Gasteiger partial charge is 0.0587 e. The van der Waals surface area contributed by atoms with Crippen molar-refractivity contribution in [1.29, 1.82) is 0 Å². The summed E-state index contributed by atoms with van der Waals surface area (Å²) in [6.07, 6.45) is 2.19. The SMILES string of the molecule is COCCNCc1ccc2ccn(CC(C)C)c2c1. The number of nitrogens with one attached hydrogen (secondary N) is 1. The van der Waals surface area contributed by atoms with Gasteiger partial charge in [-0.3, -0.25) is 0 Å². The van der Waals surface area contributed by atoms with E-state index in [1.54, 1.807) is 7.11 Å². The van der Waals surface area contributed by atoms with E-state index in [1.165, 1.54) is 16.5 Å². The van der Waals surface area contributed by atoms with Crippen molar-refractivity contribution in [2.24, 2.45) is 5.92 Å². The number of ether oxygens (including phenoxy) is 1. The summed E-state index contributed by atoms with van der Waals surface area (Å²) in [4.78, 5) is 0. The largest absolute Gasteiger partial charge is 0.383 e. The highest BCUT2D eigenvalue weighted by molar-refractivity contribution is 5.80. The van der Waals surface area contributed by atoms with Crippen molar-refractivity contribution in [2.45, 2.75) is 26.9 Å². The van der Waals surface area contributed by atoms with Gasteiger partial charge in [0.15, 0.2) is 0 Å². The number of fused-ring (bicyclic) bond motifs is 1. The molecule has 0 saturated carbocycles. The molecule has 104 valence electrons. The number of benzene rings is 1. The lowest BCUT2D eigenvalue weighted by Gasteiger charge is -2.10. The third-order valence-electron chi connectivity index (χ3n) is 3.21. The van der Waals surface area contributed by atoms with Crippen LogP contribution < -0.4 is 5.32 Å². The minimum Gasteiger partial charge on any atom is -0.383 e. The number of rotatable bonds is 7. The molecule has 0 saturated heterocycles. The van der Waals surface area contributed by atoms with Crippen LogP contribution in [0.1, 0.15) is 19.4 Å². The first-order valence-electron chi connectivity index (χ1n) is 6.98.